The van der Waals surface area contributed by atoms with Crippen molar-refractivity contribution in [2.75, 3.05) is 18.4 Å². The van der Waals surface area contributed by atoms with E-state index in [1.807, 2.05) is 6.07 Å². The van der Waals surface area contributed by atoms with Crippen molar-refractivity contribution in [2.45, 2.75) is 6.04 Å². The molecule has 8 heteroatoms. The van der Waals surface area contributed by atoms with E-state index >= 15 is 0 Å². The number of aromatic nitrogens is 3. The van der Waals surface area contributed by atoms with E-state index in [0.29, 0.717) is 16.3 Å². The predicted octanol–water partition coefficient (Wildman–Crippen LogP) is 1.20. The molecular formula is C13H11ClN6O. The topological polar surface area (TPSA) is 95.6 Å². The zero-order chi connectivity index (χ0) is 14.8. The van der Waals surface area contributed by atoms with Crippen LogP contribution in [0.4, 0.5) is 5.69 Å². The number of amides is 1. The predicted molar refractivity (Wildman–Crippen MR) is 76.0 cm³/mol. The molecule has 3 rings (SSSR count). The molecule has 0 aliphatic carbocycles. The number of rotatable bonds is 3. The fraction of sp³-hybridized carbons (Fsp3) is 0.231. The lowest BCUT2D eigenvalue weighted by Gasteiger charge is -2.26. The Kier molecular flexibility index (Phi) is 3.56. The van der Waals surface area contributed by atoms with Gasteiger partial charge in [-0.3, -0.25) is 4.79 Å². The first-order chi connectivity index (χ1) is 10.2. The number of anilines is 1. The van der Waals surface area contributed by atoms with Gasteiger partial charge in [0, 0.05) is 18.8 Å². The molecule has 1 aliphatic rings. The van der Waals surface area contributed by atoms with Crippen molar-refractivity contribution in [3.05, 3.63) is 40.7 Å². The van der Waals surface area contributed by atoms with Crippen molar-refractivity contribution in [1.82, 2.24) is 20.3 Å². The van der Waals surface area contributed by atoms with Crippen molar-refractivity contribution in [2.24, 2.45) is 0 Å². The molecule has 1 amide bonds. The van der Waals surface area contributed by atoms with E-state index in [1.54, 1.807) is 23.0 Å². The van der Waals surface area contributed by atoms with Crippen molar-refractivity contribution in [1.29, 1.82) is 5.26 Å². The molecule has 0 spiro atoms. The summed E-state index contributed by atoms with van der Waals surface area (Å²) in [7, 11) is 0. The molecule has 2 aromatic rings. The van der Waals surface area contributed by atoms with Crippen LogP contribution in [0.15, 0.2) is 24.4 Å². The first-order valence-electron chi connectivity index (χ1n) is 6.31. The normalized spacial score (nSPS) is 14.3. The van der Waals surface area contributed by atoms with Gasteiger partial charge in [-0.2, -0.15) is 5.26 Å². The van der Waals surface area contributed by atoms with E-state index in [0.717, 1.165) is 13.1 Å². The van der Waals surface area contributed by atoms with Gasteiger partial charge in [0.2, 0.25) is 0 Å². The summed E-state index contributed by atoms with van der Waals surface area (Å²) in [4.78, 5) is 12.1. The van der Waals surface area contributed by atoms with Crippen LogP contribution < -0.4 is 10.6 Å². The maximum atomic E-state index is 12.1. The highest BCUT2D eigenvalue weighted by Gasteiger charge is 2.21. The molecule has 21 heavy (non-hydrogen) atoms. The number of carbonyl (C=O) groups excluding carboxylic acids is 1. The summed E-state index contributed by atoms with van der Waals surface area (Å²) >= 11 is 5.92. The lowest BCUT2D eigenvalue weighted by Crippen LogP contribution is -2.43. The number of nitriles is 1. The van der Waals surface area contributed by atoms with Gasteiger partial charge >= 0.3 is 0 Å². The minimum Gasteiger partial charge on any atom is -0.320 e. The Balaban J connectivity index is 1.72. The molecule has 2 heterocycles. The average Bonchev–Trinajstić information content (AvgIpc) is 2.86. The van der Waals surface area contributed by atoms with Gasteiger partial charge in [0.1, 0.15) is 6.07 Å². The Hall–Kier alpha value is -2.43. The number of nitrogens with one attached hydrogen (secondary N) is 2. The summed E-state index contributed by atoms with van der Waals surface area (Å²) in [6.45, 7) is 1.66. The lowest BCUT2D eigenvalue weighted by atomic mass is 10.2. The number of carbonyl (C=O) groups is 1. The third kappa shape index (κ3) is 2.72. The highest BCUT2D eigenvalue weighted by atomic mass is 35.5. The Labute approximate surface area is 125 Å². The SMILES string of the molecule is N#Cc1ccc(NC(=O)c2cn(C3CNC3)nn2)cc1Cl. The van der Waals surface area contributed by atoms with Crippen molar-refractivity contribution >= 4 is 23.2 Å². The molecule has 106 valence electrons. The zero-order valence-electron chi connectivity index (χ0n) is 10.9. The second kappa shape index (κ2) is 5.52. The first-order valence-corrected chi connectivity index (χ1v) is 6.68. The highest BCUT2D eigenvalue weighted by Crippen LogP contribution is 2.20. The van der Waals surface area contributed by atoms with Crippen LogP contribution in [0.5, 0.6) is 0 Å². The highest BCUT2D eigenvalue weighted by molar-refractivity contribution is 6.32. The summed E-state index contributed by atoms with van der Waals surface area (Å²) in [6.07, 6.45) is 1.62. The standard InChI is InChI=1S/C13H11ClN6O/c14-11-3-9(2-1-8(11)4-15)17-13(21)12-7-20(19-18-12)10-5-16-6-10/h1-3,7,10,16H,5-6H2,(H,17,21). The molecule has 0 radical (unpaired) electrons. The third-order valence-corrected chi connectivity index (χ3v) is 3.54. The van der Waals surface area contributed by atoms with Crippen molar-refractivity contribution in [3.63, 3.8) is 0 Å². The van der Waals surface area contributed by atoms with Crippen molar-refractivity contribution < 1.29 is 4.79 Å². The van der Waals surface area contributed by atoms with Gasteiger partial charge in [-0.1, -0.05) is 16.8 Å². The summed E-state index contributed by atoms with van der Waals surface area (Å²) < 4.78 is 1.68. The third-order valence-electron chi connectivity index (χ3n) is 3.22. The van der Waals surface area contributed by atoms with Crippen LogP contribution in [-0.4, -0.2) is 34.0 Å². The minimum absolute atomic E-state index is 0.238. The van der Waals surface area contributed by atoms with E-state index in [-0.39, 0.29) is 17.6 Å². The van der Waals surface area contributed by atoms with Gasteiger partial charge in [-0.15, -0.1) is 5.10 Å². The average molecular weight is 303 g/mol. The molecule has 0 saturated carbocycles. The van der Waals surface area contributed by atoms with Crippen LogP contribution in [0, 0.1) is 11.3 Å². The molecule has 1 aromatic carbocycles. The Morgan fingerprint density at radius 3 is 2.95 bits per heavy atom. The summed E-state index contributed by atoms with van der Waals surface area (Å²) in [5, 5.41) is 22.7. The van der Waals surface area contributed by atoms with E-state index < -0.39 is 0 Å². The molecule has 0 bridgehead atoms. The number of halogens is 1. The minimum atomic E-state index is -0.366. The van der Waals surface area contributed by atoms with Crippen LogP contribution in [0.1, 0.15) is 22.1 Å². The molecule has 0 unspecified atom stereocenters. The zero-order valence-corrected chi connectivity index (χ0v) is 11.6. The first kappa shape index (κ1) is 13.5. The monoisotopic (exact) mass is 302 g/mol. The molecule has 2 N–H and O–H groups in total. The Bertz CT molecular complexity index is 731. The quantitative estimate of drug-likeness (QED) is 0.888. The maximum Gasteiger partial charge on any atom is 0.277 e. The Morgan fingerprint density at radius 1 is 1.52 bits per heavy atom. The van der Waals surface area contributed by atoms with Crippen LogP contribution in [0.3, 0.4) is 0 Å². The fourth-order valence-corrected chi connectivity index (χ4v) is 2.12. The second-order valence-corrected chi connectivity index (χ2v) is 5.06. The molecule has 1 saturated heterocycles. The molecule has 0 atom stereocenters. The van der Waals surface area contributed by atoms with Crippen LogP contribution >= 0.6 is 11.6 Å². The van der Waals surface area contributed by atoms with E-state index in [2.05, 4.69) is 20.9 Å². The second-order valence-electron chi connectivity index (χ2n) is 4.66. The van der Waals surface area contributed by atoms with Gasteiger partial charge in [0.15, 0.2) is 5.69 Å². The maximum absolute atomic E-state index is 12.1. The number of hydrogen-bond donors (Lipinski definition) is 2. The summed E-state index contributed by atoms with van der Waals surface area (Å²) in [5.41, 5.74) is 1.10. The molecule has 1 fully saturated rings. The smallest absolute Gasteiger partial charge is 0.277 e. The van der Waals surface area contributed by atoms with Gasteiger partial charge in [0.25, 0.3) is 5.91 Å². The lowest BCUT2D eigenvalue weighted by molar-refractivity contribution is 0.102. The van der Waals surface area contributed by atoms with Gasteiger partial charge < -0.3 is 10.6 Å². The number of benzene rings is 1. The summed E-state index contributed by atoms with van der Waals surface area (Å²) in [6, 6.07) is 6.90. The van der Waals surface area contributed by atoms with Crippen molar-refractivity contribution in [3.8, 4) is 6.07 Å². The fourth-order valence-electron chi connectivity index (χ4n) is 1.90. The van der Waals surface area contributed by atoms with Gasteiger partial charge in [0.05, 0.1) is 22.8 Å². The molecule has 1 aromatic heterocycles. The summed E-state index contributed by atoms with van der Waals surface area (Å²) in [5.74, 6) is -0.366. The van der Waals surface area contributed by atoms with Crippen LogP contribution in [0.2, 0.25) is 5.02 Å². The number of nitrogens with zero attached hydrogens (tertiary/aromatic N) is 4. The largest absolute Gasteiger partial charge is 0.320 e. The van der Waals surface area contributed by atoms with Crippen LogP contribution in [0.25, 0.3) is 0 Å². The van der Waals surface area contributed by atoms with Gasteiger partial charge in [-0.05, 0) is 18.2 Å². The van der Waals surface area contributed by atoms with Gasteiger partial charge in [-0.25, -0.2) is 4.68 Å². The van der Waals surface area contributed by atoms with E-state index in [1.165, 1.54) is 6.07 Å². The molecule has 1 aliphatic heterocycles. The molecular weight excluding hydrogens is 292 g/mol. The molecule has 7 nitrogen and oxygen atoms in total. The van der Waals surface area contributed by atoms with E-state index in [9.17, 15) is 4.79 Å². The Morgan fingerprint density at radius 2 is 2.33 bits per heavy atom. The van der Waals surface area contributed by atoms with E-state index in [4.69, 9.17) is 16.9 Å². The number of hydrogen-bond acceptors (Lipinski definition) is 5. The van der Waals surface area contributed by atoms with Crippen LogP contribution in [-0.2, 0) is 0 Å².